The molecule has 0 spiro atoms. The molecule has 1 aliphatic carbocycles. The van der Waals surface area contributed by atoms with Crippen molar-refractivity contribution in [3.8, 4) is 0 Å². The smallest absolute Gasteiger partial charge is 0.303 e. The molecule has 14 heavy (non-hydrogen) atoms. The van der Waals surface area contributed by atoms with Crippen LogP contribution in [-0.2, 0) is 9.59 Å². The maximum Gasteiger partial charge on any atom is 0.303 e. The summed E-state index contributed by atoms with van der Waals surface area (Å²) in [5.74, 6) is -0.568. The van der Waals surface area contributed by atoms with E-state index in [0.717, 1.165) is 19.3 Å². The van der Waals surface area contributed by atoms with E-state index in [1.54, 1.807) is 0 Å². The minimum absolute atomic E-state index is 0.0187. The van der Waals surface area contributed by atoms with E-state index in [2.05, 4.69) is 0 Å². The van der Waals surface area contributed by atoms with Crippen LogP contribution in [0.4, 0.5) is 0 Å². The summed E-state index contributed by atoms with van der Waals surface area (Å²) >= 11 is 0. The van der Waals surface area contributed by atoms with Crippen molar-refractivity contribution in [2.24, 2.45) is 11.3 Å². The fourth-order valence-corrected chi connectivity index (χ4v) is 2.17. The Balaban J connectivity index is 2.53. The van der Waals surface area contributed by atoms with Crippen LogP contribution in [0.2, 0.25) is 0 Å². The van der Waals surface area contributed by atoms with E-state index in [4.69, 9.17) is 5.11 Å². The van der Waals surface area contributed by atoms with E-state index >= 15 is 0 Å². The third kappa shape index (κ3) is 2.56. The average molecular weight is 198 g/mol. The summed E-state index contributed by atoms with van der Waals surface area (Å²) in [6.07, 6.45) is 3.48. The number of carbonyl (C=O) groups is 2. The van der Waals surface area contributed by atoms with Gasteiger partial charge in [0.2, 0.25) is 0 Å². The van der Waals surface area contributed by atoms with Crippen LogP contribution in [-0.4, -0.2) is 16.9 Å². The Bertz CT molecular complexity index is 243. The van der Waals surface area contributed by atoms with Crippen molar-refractivity contribution in [2.75, 3.05) is 0 Å². The Kier molecular flexibility index (Phi) is 3.29. The second-order valence-electron chi connectivity index (χ2n) is 4.77. The van der Waals surface area contributed by atoms with Crippen LogP contribution >= 0.6 is 0 Å². The Labute approximate surface area is 84.5 Å². The Morgan fingerprint density at radius 2 is 2.21 bits per heavy atom. The van der Waals surface area contributed by atoms with Crippen molar-refractivity contribution in [3.05, 3.63) is 0 Å². The number of rotatable bonds is 3. The van der Waals surface area contributed by atoms with Gasteiger partial charge in [-0.25, -0.2) is 0 Å². The first-order chi connectivity index (χ1) is 6.43. The van der Waals surface area contributed by atoms with E-state index in [1.165, 1.54) is 0 Å². The van der Waals surface area contributed by atoms with Gasteiger partial charge in [0.1, 0.15) is 5.78 Å². The molecule has 3 nitrogen and oxygen atoms in total. The highest BCUT2D eigenvalue weighted by Crippen LogP contribution is 2.37. The van der Waals surface area contributed by atoms with Gasteiger partial charge in [0, 0.05) is 17.8 Å². The van der Waals surface area contributed by atoms with Crippen LogP contribution in [0.3, 0.4) is 0 Å². The minimum atomic E-state index is -0.804. The molecule has 1 unspecified atom stereocenters. The first-order valence-electron chi connectivity index (χ1n) is 5.19. The zero-order valence-electron chi connectivity index (χ0n) is 8.88. The molecule has 0 aromatic heterocycles. The maximum atomic E-state index is 11.9. The van der Waals surface area contributed by atoms with Crippen molar-refractivity contribution in [1.82, 2.24) is 0 Å². The van der Waals surface area contributed by atoms with Crippen LogP contribution in [0.1, 0.15) is 46.0 Å². The first-order valence-corrected chi connectivity index (χ1v) is 5.19. The van der Waals surface area contributed by atoms with E-state index in [-0.39, 0.29) is 23.5 Å². The van der Waals surface area contributed by atoms with Crippen molar-refractivity contribution in [1.29, 1.82) is 0 Å². The monoisotopic (exact) mass is 198 g/mol. The lowest BCUT2D eigenvalue weighted by atomic mass is 9.70. The topological polar surface area (TPSA) is 54.4 Å². The molecule has 1 rings (SSSR count). The Morgan fingerprint density at radius 1 is 1.57 bits per heavy atom. The van der Waals surface area contributed by atoms with Gasteiger partial charge in [0.25, 0.3) is 0 Å². The van der Waals surface area contributed by atoms with E-state index in [0.29, 0.717) is 6.42 Å². The van der Waals surface area contributed by atoms with Gasteiger partial charge in [-0.05, 0) is 19.3 Å². The van der Waals surface area contributed by atoms with Gasteiger partial charge >= 0.3 is 5.97 Å². The van der Waals surface area contributed by atoms with Crippen molar-refractivity contribution in [3.63, 3.8) is 0 Å². The largest absolute Gasteiger partial charge is 0.481 e. The SMILES string of the molecule is CC1(C)CCCC(CCC(=O)O)C1=O. The predicted octanol–water partition coefficient (Wildman–Crippen LogP) is 2.25. The number of carboxylic acids is 1. The fourth-order valence-electron chi connectivity index (χ4n) is 2.17. The van der Waals surface area contributed by atoms with E-state index in [9.17, 15) is 9.59 Å². The average Bonchev–Trinajstić information content (AvgIpc) is 2.07. The minimum Gasteiger partial charge on any atom is -0.481 e. The van der Waals surface area contributed by atoms with Crippen LogP contribution < -0.4 is 0 Å². The molecule has 1 fully saturated rings. The van der Waals surface area contributed by atoms with Crippen LogP contribution in [0, 0.1) is 11.3 Å². The van der Waals surface area contributed by atoms with Gasteiger partial charge in [-0.2, -0.15) is 0 Å². The highest BCUT2D eigenvalue weighted by molar-refractivity contribution is 5.87. The molecule has 0 aromatic carbocycles. The Morgan fingerprint density at radius 3 is 2.79 bits per heavy atom. The quantitative estimate of drug-likeness (QED) is 0.756. The standard InChI is InChI=1S/C11H18O3/c1-11(2)7-3-4-8(10(11)14)5-6-9(12)13/h8H,3-7H2,1-2H3,(H,12,13). The summed E-state index contributed by atoms with van der Waals surface area (Å²) in [4.78, 5) is 22.3. The predicted molar refractivity (Wildman–Crippen MR) is 53.0 cm³/mol. The van der Waals surface area contributed by atoms with Gasteiger partial charge in [0.05, 0.1) is 0 Å². The third-order valence-electron chi connectivity index (χ3n) is 3.10. The molecular weight excluding hydrogens is 180 g/mol. The van der Waals surface area contributed by atoms with Gasteiger partial charge in [-0.1, -0.05) is 20.3 Å². The van der Waals surface area contributed by atoms with Gasteiger partial charge in [0.15, 0.2) is 0 Å². The van der Waals surface area contributed by atoms with Gasteiger partial charge in [-0.15, -0.1) is 0 Å². The van der Waals surface area contributed by atoms with Crippen LogP contribution in [0.15, 0.2) is 0 Å². The summed E-state index contributed by atoms with van der Waals surface area (Å²) < 4.78 is 0. The molecule has 1 saturated carbocycles. The lowest BCUT2D eigenvalue weighted by Gasteiger charge is -2.33. The number of ketones is 1. The summed E-state index contributed by atoms with van der Waals surface area (Å²) in [6, 6.07) is 0. The van der Waals surface area contributed by atoms with Crippen LogP contribution in [0.5, 0.6) is 0 Å². The molecule has 0 aliphatic heterocycles. The molecule has 3 heteroatoms. The highest BCUT2D eigenvalue weighted by atomic mass is 16.4. The van der Waals surface area contributed by atoms with E-state index < -0.39 is 5.97 Å². The summed E-state index contributed by atoms with van der Waals surface area (Å²) in [6.45, 7) is 3.92. The number of Topliss-reactive ketones (excluding diaryl/α,β-unsaturated/α-hetero) is 1. The molecule has 0 amide bonds. The third-order valence-corrected chi connectivity index (χ3v) is 3.10. The van der Waals surface area contributed by atoms with Gasteiger partial charge < -0.3 is 5.11 Å². The number of aliphatic carboxylic acids is 1. The Hall–Kier alpha value is -0.860. The molecule has 1 N–H and O–H groups in total. The zero-order valence-corrected chi connectivity index (χ0v) is 8.88. The van der Waals surface area contributed by atoms with Crippen molar-refractivity contribution in [2.45, 2.75) is 46.0 Å². The molecule has 0 heterocycles. The number of hydrogen-bond acceptors (Lipinski definition) is 2. The zero-order chi connectivity index (χ0) is 10.8. The van der Waals surface area contributed by atoms with E-state index in [1.807, 2.05) is 13.8 Å². The second kappa shape index (κ2) is 4.11. The second-order valence-corrected chi connectivity index (χ2v) is 4.77. The fraction of sp³-hybridized carbons (Fsp3) is 0.818. The van der Waals surface area contributed by atoms with Gasteiger partial charge in [-0.3, -0.25) is 9.59 Å². The summed E-state index contributed by atoms with van der Waals surface area (Å²) in [5, 5.41) is 8.55. The summed E-state index contributed by atoms with van der Waals surface area (Å²) in [5.41, 5.74) is -0.235. The molecule has 0 radical (unpaired) electrons. The number of hydrogen-bond donors (Lipinski definition) is 1. The molecule has 0 saturated heterocycles. The first kappa shape index (κ1) is 11.2. The van der Waals surface area contributed by atoms with Crippen molar-refractivity contribution >= 4 is 11.8 Å². The lowest BCUT2D eigenvalue weighted by Crippen LogP contribution is -2.35. The molecule has 1 atom stereocenters. The lowest BCUT2D eigenvalue weighted by molar-refractivity contribution is -0.138. The number of carbonyl (C=O) groups excluding carboxylic acids is 1. The molecule has 0 aromatic rings. The molecule has 1 aliphatic rings. The summed E-state index contributed by atoms with van der Waals surface area (Å²) in [7, 11) is 0. The molecule has 80 valence electrons. The number of carboxylic acid groups (broad SMARTS) is 1. The maximum absolute atomic E-state index is 11.9. The van der Waals surface area contributed by atoms with Crippen molar-refractivity contribution < 1.29 is 14.7 Å². The van der Waals surface area contributed by atoms with Crippen LogP contribution in [0.25, 0.3) is 0 Å². The highest BCUT2D eigenvalue weighted by Gasteiger charge is 2.36. The molecular formula is C11H18O3. The normalized spacial score (nSPS) is 26.1. The molecule has 0 bridgehead atoms.